The second-order valence-corrected chi connectivity index (χ2v) is 8.27. The van der Waals surface area contributed by atoms with E-state index < -0.39 is 5.82 Å². The lowest BCUT2D eigenvalue weighted by Crippen LogP contribution is -2.28. The van der Waals surface area contributed by atoms with Gasteiger partial charge in [-0.05, 0) is 24.3 Å². The van der Waals surface area contributed by atoms with Gasteiger partial charge in [-0.1, -0.05) is 52.9 Å². The molecule has 0 atom stereocenters. The van der Waals surface area contributed by atoms with Crippen molar-refractivity contribution in [1.82, 2.24) is 19.5 Å². The maximum Gasteiger partial charge on any atom is 0.233 e. The first-order valence-electron chi connectivity index (χ1n) is 8.07. The van der Waals surface area contributed by atoms with Crippen molar-refractivity contribution in [3.8, 4) is 0 Å². The Hall–Kier alpha value is -2.16. The lowest BCUT2D eigenvalue weighted by atomic mass is 10.2. The van der Waals surface area contributed by atoms with Crippen molar-refractivity contribution in [2.75, 3.05) is 12.8 Å². The molecule has 9 heteroatoms. The van der Waals surface area contributed by atoms with Crippen molar-refractivity contribution >= 4 is 55.8 Å². The Bertz CT molecular complexity index is 1120. The van der Waals surface area contributed by atoms with Crippen LogP contribution in [0.25, 0.3) is 15.2 Å². The van der Waals surface area contributed by atoms with Gasteiger partial charge < -0.3 is 4.90 Å². The van der Waals surface area contributed by atoms with Gasteiger partial charge in [0, 0.05) is 24.2 Å². The number of fused-ring (bicyclic) bond motifs is 3. The van der Waals surface area contributed by atoms with Gasteiger partial charge in [-0.15, -0.1) is 10.2 Å². The third-order valence-corrected chi connectivity index (χ3v) is 6.40. The summed E-state index contributed by atoms with van der Waals surface area (Å²) in [6.45, 7) is 0.113. The molecule has 2 heterocycles. The molecule has 0 aliphatic carbocycles. The van der Waals surface area contributed by atoms with E-state index in [9.17, 15) is 9.18 Å². The predicted octanol–water partition coefficient (Wildman–Crippen LogP) is 4.49. The molecule has 0 aliphatic rings. The van der Waals surface area contributed by atoms with Crippen LogP contribution in [0.4, 0.5) is 4.39 Å². The Morgan fingerprint density at radius 2 is 2.07 bits per heavy atom. The van der Waals surface area contributed by atoms with Crippen LogP contribution in [0.2, 0.25) is 5.02 Å². The molecule has 0 bridgehead atoms. The topological polar surface area (TPSA) is 50.5 Å². The van der Waals surface area contributed by atoms with Gasteiger partial charge in [-0.25, -0.2) is 4.39 Å². The van der Waals surface area contributed by atoms with E-state index in [2.05, 4.69) is 10.2 Å². The van der Waals surface area contributed by atoms with Gasteiger partial charge in [0.2, 0.25) is 10.9 Å². The number of thioether (sulfide) groups is 1. The van der Waals surface area contributed by atoms with E-state index in [4.69, 9.17) is 11.6 Å². The molecule has 2 aromatic heterocycles. The van der Waals surface area contributed by atoms with Gasteiger partial charge in [-0.3, -0.25) is 9.20 Å². The van der Waals surface area contributed by atoms with Crippen molar-refractivity contribution < 1.29 is 9.18 Å². The maximum absolute atomic E-state index is 13.9. The van der Waals surface area contributed by atoms with Gasteiger partial charge >= 0.3 is 0 Å². The largest absolute Gasteiger partial charge is 0.341 e. The van der Waals surface area contributed by atoms with E-state index in [0.29, 0.717) is 15.7 Å². The van der Waals surface area contributed by atoms with E-state index in [-0.39, 0.29) is 18.2 Å². The SMILES string of the molecule is CN(Cc1c(F)cccc1Cl)C(=O)CSc1nnc2sc3ccccc3n12. The Morgan fingerprint density at radius 3 is 2.89 bits per heavy atom. The second kappa shape index (κ2) is 7.46. The summed E-state index contributed by atoms with van der Waals surface area (Å²) in [4.78, 5) is 14.7. The molecule has 0 unspecified atom stereocenters. The fourth-order valence-electron chi connectivity index (χ4n) is 2.69. The van der Waals surface area contributed by atoms with Crippen LogP contribution in [-0.4, -0.2) is 38.2 Å². The Morgan fingerprint density at radius 1 is 1.26 bits per heavy atom. The molecule has 5 nitrogen and oxygen atoms in total. The molecule has 1 amide bonds. The van der Waals surface area contributed by atoms with Crippen LogP contribution >= 0.6 is 34.7 Å². The predicted molar refractivity (Wildman–Crippen MR) is 107 cm³/mol. The highest BCUT2D eigenvalue weighted by Gasteiger charge is 2.17. The number of para-hydroxylation sites is 1. The van der Waals surface area contributed by atoms with E-state index in [1.165, 1.54) is 22.7 Å². The maximum atomic E-state index is 13.9. The number of rotatable bonds is 5. The normalized spacial score (nSPS) is 11.4. The smallest absolute Gasteiger partial charge is 0.233 e. The molecule has 0 radical (unpaired) electrons. The minimum Gasteiger partial charge on any atom is -0.341 e. The quantitative estimate of drug-likeness (QED) is 0.446. The van der Waals surface area contributed by atoms with Crippen LogP contribution in [-0.2, 0) is 11.3 Å². The van der Waals surface area contributed by atoms with Crippen LogP contribution in [0.3, 0.4) is 0 Å². The monoisotopic (exact) mass is 420 g/mol. The number of benzene rings is 2. The number of carbonyl (C=O) groups is 1. The highest BCUT2D eigenvalue weighted by atomic mass is 35.5. The summed E-state index contributed by atoms with van der Waals surface area (Å²) in [5, 5.41) is 9.34. The van der Waals surface area contributed by atoms with Gasteiger partial charge in [-0.2, -0.15) is 0 Å². The standard InChI is InChI=1S/C18H14ClFN4OS2/c1-23(9-11-12(19)5-4-6-13(11)20)16(25)10-26-17-21-22-18-24(17)14-7-2-3-8-15(14)27-18/h2-8H,9-10H2,1H3. The minimum absolute atomic E-state index is 0.113. The van der Waals surface area contributed by atoms with Crippen molar-refractivity contribution in [1.29, 1.82) is 0 Å². The molecule has 0 fully saturated rings. The molecule has 4 rings (SSSR count). The molecule has 0 saturated carbocycles. The molecular formula is C18H14ClFN4OS2. The van der Waals surface area contributed by atoms with Gasteiger partial charge in [0.05, 0.1) is 16.0 Å². The van der Waals surface area contributed by atoms with E-state index in [1.54, 1.807) is 30.5 Å². The first kappa shape index (κ1) is 18.2. The zero-order valence-electron chi connectivity index (χ0n) is 14.2. The average molecular weight is 421 g/mol. The van der Waals surface area contributed by atoms with Gasteiger partial charge in [0.15, 0.2) is 5.16 Å². The number of nitrogens with zero attached hydrogens (tertiary/aromatic N) is 4. The molecule has 4 aromatic rings. The summed E-state index contributed by atoms with van der Waals surface area (Å²) < 4.78 is 17.0. The number of aromatic nitrogens is 3. The van der Waals surface area contributed by atoms with Crippen molar-refractivity contribution in [3.05, 3.63) is 58.9 Å². The summed E-state index contributed by atoms with van der Waals surface area (Å²) in [6, 6.07) is 12.5. The Labute approximate surface area is 167 Å². The van der Waals surface area contributed by atoms with Crippen molar-refractivity contribution in [2.24, 2.45) is 0 Å². The van der Waals surface area contributed by atoms with E-state index >= 15 is 0 Å². The molecule has 2 aromatic carbocycles. The average Bonchev–Trinajstić information content (AvgIpc) is 3.22. The lowest BCUT2D eigenvalue weighted by molar-refractivity contribution is -0.127. The van der Waals surface area contributed by atoms with Crippen LogP contribution in [0.15, 0.2) is 47.6 Å². The number of thiazole rings is 1. The van der Waals surface area contributed by atoms with Gasteiger partial charge in [0.1, 0.15) is 5.82 Å². The van der Waals surface area contributed by atoms with Crippen molar-refractivity contribution in [3.63, 3.8) is 0 Å². The zero-order chi connectivity index (χ0) is 19.0. The van der Waals surface area contributed by atoms with E-state index in [1.807, 2.05) is 28.7 Å². The third kappa shape index (κ3) is 3.52. The van der Waals surface area contributed by atoms with Crippen LogP contribution in [0, 0.1) is 5.82 Å². The van der Waals surface area contributed by atoms with Crippen LogP contribution < -0.4 is 0 Å². The molecule has 0 saturated heterocycles. The molecule has 27 heavy (non-hydrogen) atoms. The third-order valence-electron chi connectivity index (χ3n) is 4.12. The van der Waals surface area contributed by atoms with E-state index in [0.717, 1.165) is 15.2 Å². The summed E-state index contributed by atoms with van der Waals surface area (Å²) in [6.07, 6.45) is 0. The molecule has 0 N–H and O–H groups in total. The van der Waals surface area contributed by atoms with Crippen LogP contribution in [0.1, 0.15) is 5.56 Å². The summed E-state index contributed by atoms with van der Waals surface area (Å²) in [7, 11) is 1.63. The summed E-state index contributed by atoms with van der Waals surface area (Å²) in [5.74, 6) is -0.387. The zero-order valence-corrected chi connectivity index (χ0v) is 16.6. The molecule has 0 spiro atoms. The Kier molecular flexibility index (Phi) is 5.03. The summed E-state index contributed by atoms with van der Waals surface area (Å²) >= 11 is 8.90. The lowest BCUT2D eigenvalue weighted by Gasteiger charge is -2.18. The first-order valence-corrected chi connectivity index (χ1v) is 10.2. The molecule has 0 aliphatic heterocycles. The van der Waals surface area contributed by atoms with Crippen molar-refractivity contribution in [2.45, 2.75) is 11.7 Å². The fraction of sp³-hybridized carbons (Fsp3) is 0.167. The molecular weight excluding hydrogens is 407 g/mol. The second-order valence-electron chi connectivity index (χ2n) is 5.91. The fourth-order valence-corrected chi connectivity index (χ4v) is 4.83. The number of hydrogen-bond acceptors (Lipinski definition) is 5. The number of hydrogen-bond donors (Lipinski definition) is 0. The number of carbonyl (C=O) groups excluding carboxylic acids is 1. The summed E-state index contributed by atoms with van der Waals surface area (Å²) in [5.41, 5.74) is 1.33. The van der Waals surface area contributed by atoms with Gasteiger partial charge in [0.25, 0.3) is 0 Å². The first-order chi connectivity index (χ1) is 13.0. The number of halogens is 2. The Balaban J connectivity index is 1.48. The minimum atomic E-state index is -0.418. The highest BCUT2D eigenvalue weighted by Crippen LogP contribution is 2.29. The molecule has 138 valence electrons. The van der Waals surface area contributed by atoms with Crippen LogP contribution in [0.5, 0.6) is 0 Å². The highest BCUT2D eigenvalue weighted by molar-refractivity contribution is 7.99. The number of amides is 1.